The number of rotatable bonds is 5. The van der Waals surface area contributed by atoms with Gasteiger partial charge in [0.15, 0.2) is 8.32 Å². The van der Waals surface area contributed by atoms with Crippen molar-refractivity contribution >= 4 is 20.3 Å². The fraction of sp³-hybridized carbons (Fsp3) is 0.462. The third-order valence-electron chi connectivity index (χ3n) is 5.64. The number of ether oxygens (including phenoxy) is 1. The van der Waals surface area contributed by atoms with Crippen LogP contribution in [0.5, 0.6) is 0 Å². The molecule has 1 aliphatic rings. The molecule has 1 heterocycles. The van der Waals surface area contributed by atoms with Crippen LogP contribution in [0.2, 0.25) is 18.1 Å². The van der Waals surface area contributed by atoms with Crippen molar-refractivity contribution in [3.05, 3.63) is 71.8 Å². The molecule has 1 aliphatic heterocycles. The first-order chi connectivity index (χ1) is 15.5. The fourth-order valence-corrected chi connectivity index (χ4v) is 4.11. The van der Waals surface area contributed by atoms with Gasteiger partial charge in [0.1, 0.15) is 0 Å². The Morgan fingerprint density at radius 3 is 1.70 bits per heavy atom. The van der Waals surface area contributed by atoms with Crippen LogP contribution in [0, 0.1) is 0 Å². The van der Waals surface area contributed by atoms with E-state index >= 15 is 0 Å². The highest BCUT2D eigenvalue weighted by Gasteiger charge is 2.41. The summed E-state index contributed by atoms with van der Waals surface area (Å²) in [6, 6.07) is 20.2. The molecule has 182 valence electrons. The van der Waals surface area contributed by atoms with Crippen LogP contribution < -0.4 is 11.5 Å². The molecule has 2 aromatic rings. The maximum Gasteiger partial charge on any atom is 0.316 e. The number of cyclic esters (lactones) is 2. The molecule has 0 aliphatic carbocycles. The van der Waals surface area contributed by atoms with Crippen LogP contribution in [0.1, 0.15) is 44.7 Å². The fourth-order valence-electron chi connectivity index (χ4n) is 2.76. The number of hydrogen-bond acceptors (Lipinski definition) is 6. The summed E-state index contributed by atoms with van der Waals surface area (Å²) in [5.74, 6) is -0.945. The minimum atomic E-state index is -1.91. The van der Waals surface area contributed by atoms with E-state index in [2.05, 4.69) is 50.7 Å². The number of hydrogen-bond donors (Lipinski definition) is 2. The molecule has 6 nitrogen and oxygen atoms in total. The van der Waals surface area contributed by atoms with Crippen molar-refractivity contribution in [2.75, 3.05) is 6.54 Å². The smallest absolute Gasteiger partial charge is 0.316 e. The van der Waals surface area contributed by atoms with E-state index < -0.39 is 20.3 Å². The van der Waals surface area contributed by atoms with Gasteiger partial charge in [-0.3, -0.25) is 9.59 Å². The summed E-state index contributed by atoms with van der Waals surface area (Å²) in [4.78, 5) is 22.2. The minimum absolute atomic E-state index is 0.0808. The SMILES string of the molecule is CC(C)(C)[Si](C)(C)OC1CC(=O)OC(=O)C1.NCCc1ccccc1.NCc1ccccc1. The molecule has 0 spiro atoms. The van der Waals surface area contributed by atoms with Crippen molar-refractivity contribution in [1.29, 1.82) is 0 Å². The first kappa shape index (κ1) is 28.7. The molecular formula is C26H40N2O4Si. The third-order valence-corrected chi connectivity index (χ3v) is 10.2. The zero-order valence-electron chi connectivity index (χ0n) is 20.7. The largest absolute Gasteiger partial charge is 0.413 e. The van der Waals surface area contributed by atoms with E-state index in [1.54, 1.807) is 0 Å². The molecule has 4 N–H and O–H groups in total. The van der Waals surface area contributed by atoms with E-state index in [1.165, 1.54) is 11.1 Å². The number of esters is 2. The normalized spacial score (nSPS) is 14.4. The topological polar surface area (TPSA) is 105 Å². The van der Waals surface area contributed by atoms with Crippen LogP contribution in [-0.4, -0.2) is 32.9 Å². The summed E-state index contributed by atoms with van der Waals surface area (Å²) in [5, 5.41) is 0.0808. The van der Waals surface area contributed by atoms with Crippen molar-refractivity contribution in [3.63, 3.8) is 0 Å². The molecule has 0 amide bonds. The Morgan fingerprint density at radius 2 is 1.33 bits per heavy atom. The van der Waals surface area contributed by atoms with E-state index in [0.29, 0.717) is 6.54 Å². The van der Waals surface area contributed by atoms with Gasteiger partial charge in [-0.05, 0) is 42.2 Å². The lowest BCUT2D eigenvalue weighted by molar-refractivity contribution is -0.167. The summed E-state index contributed by atoms with van der Waals surface area (Å²) in [6.07, 6.45) is 1.08. The predicted octanol–water partition coefficient (Wildman–Crippen LogP) is 4.57. The van der Waals surface area contributed by atoms with Gasteiger partial charge in [-0.2, -0.15) is 0 Å². The number of carbonyl (C=O) groups is 2. The highest BCUT2D eigenvalue weighted by molar-refractivity contribution is 6.74. The highest BCUT2D eigenvalue weighted by Crippen LogP contribution is 2.38. The number of benzene rings is 2. The lowest BCUT2D eigenvalue weighted by atomic mass is 10.1. The van der Waals surface area contributed by atoms with Gasteiger partial charge < -0.3 is 20.6 Å². The maximum absolute atomic E-state index is 11.1. The van der Waals surface area contributed by atoms with Crippen molar-refractivity contribution in [1.82, 2.24) is 0 Å². The second kappa shape index (κ2) is 14.1. The maximum atomic E-state index is 11.1. The molecule has 2 aromatic carbocycles. The molecule has 0 radical (unpaired) electrons. The number of nitrogens with two attached hydrogens (primary N) is 2. The van der Waals surface area contributed by atoms with E-state index in [4.69, 9.17) is 15.9 Å². The molecule has 0 aromatic heterocycles. The highest BCUT2D eigenvalue weighted by atomic mass is 28.4. The lowest BCUT2D eigenvalue weighted by Gasteiger charge is -2.39. The van der Waals surface area contributed by atoms with E-state index in [0.717, 1.165) is 13.0 Å². The van der Waals surface area contributed by atoms with Gasteiger partial charge in [-0.1, -0.05) is 81.4 Å². The number of carbonyl (C=O) groups excluding carboxylic acids is 2. The van der Waals surface area contributed by atoms with E-state index in [-0.39, 0.29) is 24.0 Å². The van der Waals surface area contributed by atoms with Crippen LogP contribution in [0.15, 0.2) is 60.7 Å². The van der Waals surface area contributed by atoms with Gasteiger partial charge in [-0.15, -0.1) is 0 Å². The van der Waals surface area contributed by atoms with E-state index in [1.807, 2.05) is 48.5 Å². The van der Waals surface area contributed by atoms with E-state index in [9.17, 15) is 9.59 Å². The van der Waals surface area contributed by atoms with Crippen LogP contribution >= 0.6 is 0 Å². The van der Waals surface area contributed by atoms with Crippen molar-refractivity contribution in [2.24, 2.45) is 11.5 Å². The average molecular weight is 473 g/mol. The zero-order chi connectivity index (χ0) is 24.9. The summed E-state index contributed by atoms with van der Waals surface area (Å²) in [7, 11) is -1.91. The Balaban J connectivity index is 0.000000270. The Bertz CT molecular complexity index is 820. The first-order valence-electron chi connectivity index (χ1n) is 11.4. The van der Waals surface area contributed by atoms with Crippen molar-refractivity contribution < 1.29 is 18.8 Å². The van der Waals surface area contributed by atoms with Gasteiger partial charge >= 0.3 is 11.9 Å². The molecule has 0 atom stereocenters. The Kier molecular flexibility index (Phi) is 12.2. The molecular weight excluding hydrogens is 432 g/mol. The molecule has 1 fully saturated rings. The summed E-state index contributed by atoms with van der Waals surface area (Å²) in [5.41, 5.74) is 13.2. The second-order valence-corrected chi connectivity index (χ2v) is 14.2. The summed E-state index contributed by atoms with van der Waals surface area (Å²) >= 11 is 0. The minimum Gasteiger partial charge on any atom is -0.413 e. The Labute approximate surface area is 199 Å². The van der Waals surface area contributed by atoms with Crippen molar-refractivity contribution in [2.45, 2.75) is 70.8 Å². The lowest BCUT2D eigenvalue weighted by Crippen LogP contribution is -2.46. The standard InChI is InChI=1S/C11H20O4Si.C8H11N.C7H9N/c1-11(2,3)16(4,5)15-8-6-9(12)14-10(13)7-8;9-7-6-8-4-2-1-3-5-8;8-6-7-4-2-1-3-5-7/h8H,6-7H2,1-5H3;1-5H,6-7,9H2;1-5H,6,8H2. The molecule has 0 bridgehead atoms. The third kappa shape index (κ3) is 11.4. The summed E-state index contributed by atoms with van der Waals surface area (Å²) in [6.45, 7) is 12.0. The molecule has 0 unspecified atom stereocenters. The Hall–Kier alpha value is -2.32. The van der Waals surface area contributed by atoms with Gasteiger partial charge in [0.2, 0.25) is 0 Å². The first-order valence-corrected chi connectivity index (χ1v) is 14.3. The summed E-state index contributed by atoms with van der Waals surface area (Å²) < 4.78 is 10.5. The van der Waals surface area contributed by atoms with Crippen LogP contribution in [0.4, 0.5) is 0 Å². The van der Waals surface area contributed by atoms with Gasteiger partial charge in [0, 0.05) is 6.54 Å². The quantitative estimate of drug-likeness (QED) is 0.375. The van der Waals surface area contributed by atoms with Gasteiger partial charge in [0.05, 0.1) is 18.9 Å². The van der Waals surface area contributed by atoms with Crippen LogP contribution in [0.25, 0.3) is 0 Å². The zero-order valence-corrected chi connectivity index (χ0v) is 21.7. The predicted molar refractivity (Wildman–Crippen MR) is 136 cm³/mol. The molecule has 3 rings (SSSR count). The molecule has 0 saturated carbocycles. The monoisotopic (exact) mass is 472 g/mol. The average Bonchev–Trinajstić information content (AvgIpc) is 2.74. The van der Waals surface area contributed by atoms with Gasteiger partial charge in [-0.25, -0.2) is 0 Å². The molecule has 33 heavy (non-hydrogen) atoms. The molecule has 7 heteroatoms. The Morgan fingerprint density at radius 1 is 0.879 bits per heavy atom. The van der Waals surface area contributed by atoms with Crippen LogP contribution in [0.3, 0.4) is 0 Å². The van der Waals surface area contributed by atoms with Crippen LogP contribution in [-0.2, 0) is 31.7 Å². The van der Waals surface area contributed by atoms with Gasteiger partial charge in [0.25, 0.3) is 0 Å². The second-order valence-electron chi connectivity index (χ2n) is 9.47. The molecule has 1 saturated heterocycles. The van der Waals surface area contributed by atoms with Crippen molar-refractivity contribution in [3.8, 4) is 0 Å².